The largest absolute Gasteiger partial charge is 0.490 e. The molecule has 0 atom stereocenters. The number of nitrogens with one attached hydrogen (secondary N) is 2. The van der Waals surface area contributed by atoms with E-state index in [-0.39, 0.29) is 5.91 Å². The average molecular weight is 458 g/mol. The van der Waals surface area contributed by atoms with Crippen LogP contribution >= 0.6 is 11.8 Å². The molecule has 32 heavy (non-hydrogen) atoms. The molecule has 174 valence electrons. The summed E-state index contributed by atoms with van der Waals surface area (Å²) in [6.45, 7) is 6.95. The van der Waals surface area contributed by atoms with Crippen LogP contribution in [-0.2, 0) is 11.3 Å². The van der Waals surface area contributed by atoms with Crippen LogP contribution in [0.5, 0.6) is 5.75 Å². The normalized spacial score (nSPS) is 14.8. The van der Waals surface area contributed by atoms with Crippen LogP contribution in [-0.4, -0.2) is 60.9 Å². The summed E-state index contributed by atoms with van der Waals surface area (Å²) >= 11 is 1.55. The highest BCUT2D eigenvalue weighted by Gasteiger charge is 2.10. The van der Waals surface area contributed by atoms with Crippen molar-refractivity contribution in [2.24, 2.45) is 4.99 Å². The number of hydrogen-bond donors (Lipinski definition) is 2. The Morgan fingerprint density at radius 2 is 2.12 bits per heavy atom. The Morgan fingerprint density at radius 3 is 2.91 bits per heavy atom. The molecule has 0 radical (unpaired) electrons. The van der Waals surface area contributed by atoms with E-state index in [1.165, 1.54) is 37.9 Å². The van der Waals surface area contributed by atoms with E-state index in [0.717, 1.165) is 18.0 Å². The van der Waals surface area contributed by atoms with Crippen molar-refractivity contribution in [3.05, 3.63) is 42.0 Å². The lowest BCUT2D eigenvalue weighted by Gasteiger charge is -2.26. The summed E-state index contributed by atoms with van der Waals surface area (Å²) in [5.74, 6) is 2.75. The molecule has 0 unspecified atom stereocenters. The first-order valence-corrected chi connectivity index (χ1v) is 12.5. The van der Waals surface area contributed by atoms with E-state index in [9.17, 15) is 4.79 Å². The molecule has 7 nitrogen and oxygen atoms in total. The molecular formula is C24H35N5O2S. The van der Waals surface area contributed by atoms with Crippen LogP contribution in [0.1, 0.15) is 38.2 Å². The highest BCUT2D eigenvalue weighted by molar-refractivity contribution is 7.99. The first kappa shape index (κ1) is 25.8. The molecule has 0 bridgehead atoms. The monoisotopic (exact) mass is 457 g/mol. The lowest BCUT2D eigenvalue weighted by molar-refractivity contribution is -0.118. The van der Waals surface area contributed by atoms with Gasteiger partial charge in [0.2, 0.25) is 12.1 Å². The van der Waals surface area contributed by atoms with Gasteiger partial charge in [0, 0.05) is 31.8 Å². The molecule has 1 saturated heterocycles. The van der Waals surface area contributed by atoms with Crippen molar-refractivity contribution < 1.29 is 9.53 Å². The maximum absolute atomic E-state index is 11.9. The number of amidine groups is 1. The minimum absolute atomic E-state index is 0.00684. The Kier molecular flexibility index (Phi) is 13.0. The zero-order valence-electron chi connectivity index (χ0n) is 19.0. The van der Waals surface area contributed by atoms with Crippen LogP contribution in [0.25, 0.3) is 0 Å². The van der Waals surface area contributed by atoms with Gasteiger partial charge in [0.05, 0.1) is 5.75 Å². The Balaban J connectivity index is 1.54. The molecule has 1 aromatic carbocycles. The number of carbonyl (C=O) groups is 1. The molecule has 0 aromatic heterocycles. The summed E-state index contributed by atoms with van der Waals surface area (Å²) < 4.78 is 5.82. The Bertz CT molecular complexity index is 785. The molecule has 0 saturated carbocycles. The van der Waals surface area contributed by atoms with Gasteiger partial charge in [-0.05, 0) is 49.7 Å². The third-order valence-electron chi connectivity index (χ3n) is 5.01. The first-order valence-electron chi connectivity index (χ1n) is 11.3. The number of nitrogens with zero attached hydrogens (tertiary/aromatic N) is 3. The van der Waals surface area contributed by atoms with Crippen molar-refractivity contribution in [1.29, 1.82) is 5.26 Å². The smallest absolute Gasteiger partial charge is 0.230 e. The van der Waals surface area contributed by atoms with Gasteiger partial charge in [0.1, 0.15) is 18.2 Å². The number of ether oxygens (including phenoxy) is 1. The standard InChI is InChI=1S/C24H35N5O2S/c1-2-23(28-20-25)26-12-16-32-19-24(30)27-11-4-7-15-31-22-10-8-9-21(17-22)18-29-13-5-3-6-14-29/h4,7-10,17H,2-3,5-6,11-16,18-19H2,1H3,(H,26,28)(H,27,30)/b7-4-. The topological polar surface area (TPSA) is 89.8 Å². The molecule has 2 rings (SSSR count). The van der Waals surface area contributed by atoms with Gasteiger partial charge in [-0.3, -0.25) is 9.69 Å². The number of aliphatic imine (C=N–C) groups is 1. The molecule has 0 spiro atoms. The minimum atomic E-state index is 0.00684. The molecular weight excluding hydrogens is 422 g/mol. The summed E-state index contributed by atoms with van der Waals surface area (Å²) in [7, 11) is 0. The van der Waals surface area contributed by atoms with E-state index in [2.05, 4.69) is 32.7 Å². The van der Waals surface area contributed by atoms with Crippen molar-refractivity contribution in [2.45, 2.75) is 39.2 Å². The van der Waals surface area contributed by atoms with Crippen LogP contribution in [0.2, 0.25) is 0 Å². The van der Waals surface area contributed by atoms with Gasteiger partial charge < -0.3 is 15.4 Å². The summed E-state index contributed by atoms with van der Waals surface area (Å²) in [4.78, 5) is 18.1. The predicted molar refractivity (Wildman–Crippen MR) is 132 cm³/mol. The predicted octanol–water partition coefficient (Wildman–Crippen LogP) is 3.34. The van der Waals surface area contributed by atoms with Gasteiger partial charge in [-0.1, -0.05) is 31.6 Å². The Hall–Kier alpha value is -2.50. The fraction of sp³-hybridized carbons (Fsp3) is 0.542. The first-order chi connectivity index (χ1) is 15.7. The maximum atomic E-state index is 11.9. The zero-order chi connectivity index (χ0) is 22.9. The molecule has 1 aliphatic rings. The van der Waals surface area contributed by atoms with E-state index in [0.29, 0.717) is 37.7 Å². The van der Waals surface area contributed by atoms with Gasteiger partial charge in [-0.15, -0.1) is 0 Å². The lowest BCUT2D eigenvalue weighted by Crippen LogP contribution is -2.29. The third kappa shape index (κ3) is 11.2. The van der Waals surface area contributed by atoms with E-state index in [4.69, 9.17) is 10.00 Å². The van der Waals surface area contributed by atoms with E-state index in [1.54, 1.807) is 18.0 Å². The zero-order valence-corrected chi connectivity index (χ0v) is 19.8. The number of piperidine rings is 1. The Labute approximate surface area is 196 Å². The number of benzene rings is 1. The number of carbonyl (C=O) groups excluding carboxylic acids is 1. The van der Waals surface area contributed by atoms with Crippen LogP contribution in [0.3, 0.4) is 0 Å². The molecule has 1 amide bonds. The quantitative estimate of drug-likeness (QED) is 0.155. The van der Waals surface area contributed by atoms with E-state index in [1.807, 2.05) is 31.2 Å². The molecule has 1 aliphatic heterocycles. The number of amides is 1. The number of nitriles is 1. The molecule has 1 heterocycles. The van der Waals surface area contributed by atoms with Crippen LogP contribution in [0.15, 0.2) is 41.4 Å². The van der Waals surface area contributed by atoms with Gasteiger partial charge in [0.25, 0.3) is 0 Å². The average Bonchev–Trinajstić information content (AvgIpc) is 2.81. The SMILES string of the molecule is CCC(=NC#N)NCCSCC(=O)NC/C=C\COc1cccc(CN2CCCCC2)c1. The number of likely N-dealkylation sites (tertiary alicyclic amines) is 1. The summed E-state index contributed by atoms with van der Waals surface area (Å²) in [6.07, 6.45) is 10.3. The minimum Gasteiger partial charge on any atom is -0.490 e. The van der Waals surface area contributed by atoms with Crippen molar-refractivity contribution in [2.75, 3.05) is 44.3 Å². The second-order valence-corrected chi connectivity index (χ2v) is 8.67. The second kappa shape index (κ2) is 16.2. The van der Waals surface area contributed by atoms with Crippen LogP contribution in [0.4, 0.5) is 0 Å². The fourth-order valence-electron chi connectivity index (χ4n) is 3.37. The highest BCUT2D eigenvalue weighted by Crippen LogP contribution is 2.17. The summed E-state index contributed by atoms with van der Waals surface area (Å²) in [5.41, 5.74) is 1.29. The van der Waals surface area contributed by atoms with Crippen molar-refractivity contribution >= 4 is 23.5 Å². The van der Waals surface area contributed by atoms with Gasteiger partial charge in [-0.2, -0.15) is 22.0 Å². The summed E-state index contributed by atoms with van der Waals surface area (Å²) in [6, 6.07) is 8.30. The van der Waals surface area contributed by atoms with Gasteiger partial charge >= 0.3 is 0 Å². The number of hydrogen-bond acceptors (Lipinski definition) is 6. The third-order valence-corrected chi connectivity index (χ3v) is 5.97. The lowest BCUT2D eigenvalue weighted by atomic mass is 10.1. The summed E-state index contributed by atoms with van der Waals surface area (Å²) in [5, 5.41) is 14.5. The van der Waals surface area contributed by atoms with Gasteiger partial charge in [0.15, 0.2) is 0 Å². The molecule has 8 heteroatoms. The molecule has 0 aliphatic carbocycles. The van der Waals surface area contributed by atoms with Crippen LogP contribution < -0.4 is 15.4 Å². The fourth-order valence-corrected chi connectivity index (χ4v) is 4.04. The van der Waals surface area contributed by atoms with Crippen molar-refractivity contribution in [3.8, 4) is 11.9 Å². The molecule has 2 N–H and O–H groups in total. The highest BCUT2D eigenvalue weighted by atomic mass is 32.2. The maximum Gasteiger partial charge on any atom is 0.230 e. The number of thioether (sulfide) groups is 1. The van der Waals surface area contributed by atoms with Gasteiger partial charge in [-0.25, -0.2) is 0 Å². The van der Waals surface area contributed by atoms with Crippen molar-refractivity contribution in [1.82, 2.24) is 15.5 Å². The second-order valence-electron chi connectivity index (χ2n) is 7.56. The Morgan fingerprint density at radius 1 is 1.28 bits per heavy atom. The van der Waals surface area contributed by atoms with Crippen molar-refractivity contribution in [3.63, 3.8) is 0 Å². The molecule has 1 aromatic rings. The molecule has 1 fully saturated rings. The van der Waals surface area contributed by atoms with E-state index < -0.39 is 0 Å². The number of rotatable bonds is 13. The van der Waals surface area contributed by atoms with Crippen LogP contribution in [0, 0.1) is 11.5 Å². The van der Waals surface area contributed by atoms with E-state index >= 15 is 0 Å².